The number of aromatic nitrogens is 1. The van der Waals surface area contributed by atoms with Crippen LogP contribution in [-0.4, -0.2) is 19.6 Å². The van der Waals surface area contributed by atoms with Crippen molar-refractivity contribution in [1.29, 1.82) is 0 Å². The van der Waals surface area contributed by atoms with E-state index < -0.39 is 0 Å². The van der Waals surface area contributed by atoms with Gasteiger partial charge in [-0.2, -0.15) is 0 Å². The Kier molecular flexibility index (Phi) is 5.19. The van der Waals surface area contributed by atoms with Gasteiger partial charge in [0.1, 0.15) is 7.05 Å². The van der Waals surface area contributed by atoms with E-state index >= 15 is 0 Å². The number of nitrogens with one attached hydrogen (secondary N) is 1. The van der Waals surface area contributed by atoms with E-state index in [0.717, 1.165) is 32.5 Å². The second kappa shape index (κ2) is 6.51. The Hall–Kier alpha value is -0.930. The highest BCUT2D eigenvalue weighted by molar-refractivity contribution is 5.07. The predicted molar refractivity (Wildman–Crippen MR) is 57.9 cm³/mol. The lowest BCUT2D eigenvalue weighted by Crippen LogP contribution is -2.26. The molecule has 3 nitrogen and oxygen atoms in total. The highest BCUT2D eigenvalue weighted by atomic mass is 14.9. The van der Waals surface area contributed by atoms with E-state index in [-0.39, 0.29) is 0 Å². The van der Waals surface area contributed by atoms with Gasteiger partial charge >= 0.3 is 0 Å². The van der Waals surface area contributed by atoms with Crippen molar-refractivity contribution >= 4 is 0 Å². The fraction of sp³-hybridized carbons (Fsp3) is 0.545. The molecule has 0 aromatic carbocycles. The van der Waals surface area contributed by atoms with Crippen molar-refractivity contribution in [2.45, 2.75) is 12.8 Å². The van der Waals surface area contributed by atoms with Crippen molar-refractivity contribution in [2.75, 3.05) is 19.6 Å². The molecule has 0 aliphatic heterocycles. The lowest BCUT2D eigenvalue weighted by Gasteiger charge is -2.02. The topological polar surface area (TPSA) is 41.9 Å². The van der Waals surface area contributed by atoms with Crippen molar-refractivity contribution < 1.29 is 4.57 Å². The van der Waals surface area contributed by atoms with Crippen LogP contribution in [0.3, 0.4) is 0 Å². The largest absolute Gasteiger partial charge is 0.330 e. The molecule has 0 atom stereocenters. The molecule has 1 aromatic heterocycles. The van der Waals surface area contributed by atoms with E-state index in [1.165, 1.54) is 5.56 Å². The van der Waals surface area contributed by atoms with E-state index in [0.29, 0.717) is 0 Å². The van der Waals surface area contributed by atoms with Crippen LogP contribution in [0.15, 0.2) is 24.5 Å². The zero-order valence-corrected chi connectivity index (χ0v) is 8.87. The lowest BCUT2D eigenvalue weighted by molar-refractivity contribution is -0.671. The van der Waals surface area contributed by atoms with Crippen LogP contribution in [-0.2, 0) is 13.5 Å². The molecule has 0 aliphatic carbocycles. The summed E-state index contributed by atoms with van der Waals surface area (Å²) in [5.41, 5.74) is 6.77. The molecule has 14 heavy (non-hydrogen) atoms. The van der Waals surface area contributed by atoms with Crippen molar-refractivity contribution in [2.24, 2.45) is 12.8 Å². The minimum atomic E-state index is 0.772. The van der Waals surface area contributed by atoms with Crippen LogP contribution in [0.5, 0.6) is 0 Å². The normalized spacial score (nSPS) is 10.4. The Balaban J connectivity index is 2.15. The van der Waals surface area contributed by atoms with Crippen molar-refractivity contribution in [1.82, 2.24) is 5.32 Å². The summed E-state index contributed by atoms with van der Waals surface area (Å²) in [7, 11) is 2.03. The number of nitrogens with two attached hydrogens (primary N) is 1. The summed E-state index contributed by atoms with van der Waals surface area (Å²) in [4.78, 5) is 0. The van der Waals surface area contributed by atoms with Gasteiger partial charge in [-0.25, -0.2) is 4.57 Å². The first-order chi connectivity index (χ1) is 6.83. The van der Waals surface area contributed by atoms with E-state index in [2.05, 4.69) is 29.8 Å². The minimum Gasteiger partial charge on any atom is -0.330 e. The van der Waals surface area contributed by atoms with Crippen molar-refractivity contribution in [3.63, 3.8) is 0 Å². The first-order valence-corrected chi connectivity index (χ1v) is 5.18. The number of aryl methyl sites for hydroxylation is 1. The van der Waals surface area contributed by atoms with Crippen LogP contribution in [0.1, 0.15) is 12.0 Å². The summed E-state index contributed by atoms with van der Waals surface area (Å²) in [6, 6.07) is 4.31. The molecule has 1 aromatic rings. The first kappa shape index (κ1) is 11.1. The van der Waals surface area contributed by atoms with Gasteiger partial charge in [0.05, 0.1) is 0 Å². The summed E-state index contributed by atoms with van der Waals surface area (Å²) < 4.78 is 2.05. The zero-order chi connectivity index (χ0) is 10.2. The number of rotatable bonds is 6. The molecule has 0 amide bonds. The molecule has 0 bridgehead atoms. The van der Waals surface area contributed by atoms with Crippen LogP contribution in [0.4, 0.5) is 0 Å². The SMILES string of the molecule is C[n+]1ccc(CCNCCCN)cc1. The Bertz CT molecular complexity index is 243. The molecule has 78 valence electrons. The average Bonchev–Trinajstić information content (AvgIpc) is 2.21. The molecule has 0 saturated carbocycles. The second-order valence-corrected chi connectivity index (χ2v) is 3.51. The highest BCUT2D eigenvalue weighted by Gasteiger charge is 1.95. The van der Waals surface area contributed by atoms with Crippen molar-refractivity contribution in [3.8, 4) is 0 Å². The lowest BCUT2D eigenvalue weighted by atomic mass is 10.2. The van der Waals surface area contributed by atoms with E-state index in [1.807, 2.05) is 11.6 Å². The van der Waals surface area contributed by atoms with Gasteiger partial charge in [-0.15, -0.1) is 0 Å². The van der Waals surface area contributed by atoms with Crippen molar-refractivity contribution in [3.05, 3.63) is 30.1 Å². The van der Waals surface area contributed by atoms with Gasteiger partial charge in [-0.05, 0) is 38.0 Å². The summed E-state index contributed by atoms with van der Waals surface area (Å²) in [5.74, 6) is 0. The van der Waals surface area contributed by atoms with Gasteiger partial charge in [0.15, 0.2) is 12.4 Å². The number of hydrogen-bond acceptors (Lipinski definition) is 2. The van der Waals surface area contributed by atoms with Crippen LogP contribution >= 0.6 is 0 Å². The molecule has 0 saturated heterocycles. The van der Waals surface area contributed by atoms with E-state index in [1.54, 1.807) is 0 Å². The number of hydrogen-bond donors (Lipinski definition) is 2. The summed E-state index contributed by atoms with van der Waals surface area (Å²) in [6.45, 7) is 2.83. The quantitative estimate of drug-likeness (QED) is 0.494. The van der Waals surface area contributed by atoms with Crippen LogP contribution in [0.25, 0.3) is 0 Å². The van der Waals surface area contributed by atoms with Gasteiger partial charge in [0.25, 0.3) is 0 Å². The van der Waals surface area contributed by atoms with Gasteiger partial charge in [0.2, 0.25) is 0 Å². The zero-order valence-electron chi connectivity index (χ0n) is 8.87. The third kappa shape index (κ3) is 4.35. The average molecular weight is 194 g/mol. The van der Waals surface area contributed by atoms with Gasteiger partial charge in [-0.1, -0.05) is 0 Å². The maximum Gasteiger partial charge on any atom is 0.168 e. The minimum absolute atomic E-state index is 0.772. The highest BCUT2D eigenvalue weighted by Crippen LogP contribution is 1.94. The Morgan fingerprint density at radius 3 is 2.64 bits per heavy atom. The molecular formula is C11H20N3+. The monoisotopic (exact) mass is 194 g/mol. The first-order valence-electron chi connectivity index (χ1n) is 5.18. The van der Waals surface area contributed by atoms with Crippen LogP contribution in [0.2, 0.25) is 0 Å². The summed E-state index contributed by atoms with van der Waals surface area (Å²) in [5, 5.41) is 3.36. The molecule has 0 aliphatic rings. The maximum absolute atomic E-state index is 5.40. The summed E-state index contributed by atoms with van der Waals surface area (Å²) >= 11 is 0. The van der Waals surface area contributed by atoms with Gasteiger partial charge < -0.3 is 11.1 Å². The number of nitrogens with zero attached hydrogens (tertiary/aromatic N) is 1. The molecule has 1 heterocycles. The third-order valence-electron chi connectivity index (χ3n) is 2.20. The summed E-state index contributed by atoms with van der Waals surface area (Å²) in [6.07, 6.45) is 6.31. The maximum atomic E-state index is 5.40. The molecule has 1 rings (SSSR count). The third-order valence-corrected chi connectivity index (χ3v) is 2.20. The Morgan fingerprint density at radius 1 is 1.29 bits per heavy atom. The molecular weight excluding hydrogens is 174 g/mol. The molecule has 0 unspecified atom stereocenters. The molecule has 0 radical (unpaired) electrons. The molecule has 3 N–H and O–H groups in total. The van der Waals surface area contributed by atoms with E-state index in [4.69, 9.17) is 5.73 Å². The standard InChI is InChI=1S/C11H20N3/c1-14-9-4-11(5-10-14)3-8-13-7-2-6-12/h4-5,9-10,13H,2-3,6-8,12H2,1H3/q+1. The Morgan fingerprint density at radius 2 is 2.00 bits per heavy atom. The van der Waals surface area contributed by atoms with Crippen LogP contribution in [0, 0.1) is 0 Å². The number of pyridine rings is 1. The molecule has 3 heteroatoms. The fourth-order valence-corrected chi connectivity index (χ4v) is 1.28. The van der Waals surface area contributed by atoms with E-state index in [9.17, 15) is 0 Å². The van der Waals surface area contributed by atoms with Crippen LogP contribution < -0.4 is 15.6 Å². The molecule has 0 spiro atoms. The molecule has 0 fully saturated rings. The van der Waals surface area contributed by atoms with Gasteiger partial charge in [-0.3, -0.25) is 0 Å². The fourth-order valence-electron chi connectivity index (χ4n) is 1.28. The smallest absolute Gasteiger partial charge is 0.168 e. The van der Waals surface area contributed by atoms with Gasteiger partial charge in [0, 0.05) is 12.1 Å². The predicted octanol–water partition coefficient (Wildman–Crippen LogP) is -0.00800. The second-order valence-electron chi connectivity index (χ2n) is 3.51. The Labute approximate surface area is 85.9 Å².